The van der Waals surface area contributed by atoms with Crippen molar-refractivity contribution in [3.63, 3.8) is 0 Å². The van der Waals surface area contributed by atoms with Gasteiger partial charge in [0, 0.05) is 90.3 Å². The first-order chi connectivity index (χ1) is 42.9. The van der Waals surface area contributed by atoms with Crippen LogP contribution >= 0.6 is 0 Å². The zero-order valence-corrected chi connectivity index (χ0v) is 49.9. The fraction of sp³-hybridized carbons (Fsp3) is 0.100. The van der Waals surface area contributed by atoms with Gasteiger partial charge in [-0.1, -0.05) is 126 Å². The molecule has 0 spiro atoms. The zero-order valence-electron chi connectivity index (χ0n) is 49.9. The van der Waals surface area contributed by atoms with E-state index in [0.29, 0.717) is 0 Å². The van der Waals surface area contributed by atoms with Gasteiger partial charge in [-0.15, -0.1) is 0 Å². The van der Waals surface area contributed by atoms with Gasteiger partial charge < -0.3 is 18.6 Å². The molecule has 4 aromatic heterocycles. The minimum absolute atomic E-state index is 0.00446. The van der Waals surface area contributed by atoms with Crippen LogP contribution in [0, 0.1) is 0 Å². The van der Waals surface area contributed by atoms with E-state index in [1.54, 1.807) is 0 Å². The molecule has 0 unspecified atom stereocenters. The molecule has 16 aromatic rings. The maximum atomic E-state index is 6.88. The van der Waals surface area contributed by atoms with Crippen molar-refractivity contribution >= 4 is 111 Å². The number of para-hydroxylation sites is 6. The average molecular weight is 1140 g/mol. The number of rotatable bonds is 10. The van der Waals surface area contributed by atoms with Crippen molar-refractivity contribution in [1.29, 1.82) is 0 Å². The Hall–Kier alpha value is -11.0. The molecule has 8 heteroatoms. The fourth-order valence-corrected chi connectivity index (χ4v) is 13.0. The second-order valence-electron chi connectivity index (χ2n) is 25.1. The molecule has 88 heavy (non-hydrogen) atoms. The Morgan fingerprint density at radius 3 is 1.01 bits per heavy atom. The van der Waals surface area contributed by atoms with E-state index in [0.717, 1.165) is 145 Å². The lowest BCUT2D eigenvalue weighted by atomic mass is 9.87. The van der Waals surface area contributed by atoms with Crippen LogP contribution in [0.15, 0.2) is 276 Å². The molecule has 0 amide bonds. The average Bonchev–Trinajstić information content (AvgIpc) is 3.54. The Morgan fingerprint density at radius 2 is 0.636 bits per heavy atom. The van der Waals surface area contributed by atoms with E-state index in [1.165, 1.54) is 11.1 Å². The molecule has 0 bridgehead atoms. The van der Waals surface area contributed by atoms with E-state index < -0.39 is 0 Å². The topological polar surface area (TPSA) is 68.4 Å². The normalized spacial score (nSPS) is 12.2. The molecule has 4 heterocycles. The summed E-state index contributed by atoms with van der Waals surface area (Å²) < 4.78 is 18.3. The number of anilines is 6. The molecule has 424 valence electrons. The first kappa shape index (κ1) is 52.6. The molecule has 0 aliphatic rings. The Bertz CT molecular complexity index is 4980. The van der Waals surface area contributed by atoms with Crippen molar-refractivity contribution in [2.24, 2.45) is 0 Å². The van der Waals surface area contributed by atoms with Gasteiger partial charge in [0.25, 0.3) is 0 Å². The number of furan rings is 2. The number of hydrogen-bond donors (Lipinski definition) is 0. The van der Waals surface area contributed by atoms with Gasteiger partial charge in [-0.3, -0.25) is 9.13 Å². The van der Waals surface area contributed by atoms with Crippen LogP contribution in [-0.4, -0.2) is 19.1 Å². The van der Waals surface area contributed by atoms with Crippen molar-refractivity contribution < 1.29 is 8.83 Å². The molecule has 0 fully saturated rings. The van der Waals surface area contributed by atoms with Gasteiger partial charge in [0.2, 0.25) is 0 Å². The Balaban J connectivity index is 0.777. The summed E-state index contributed by atoms with van der Waals surface area (Å²) in [5.74, 6) is 1.78. The third-order valence-electron chi connectivity index (χ3n) is 17.5. The Labute approximate surface area is 510 Å². The summed E-state index contributed by atoms with van der Waals surface area (Å²) in [6, 6.07) is 95.0. The van der Waals surface area contributed by atoms with Crippen LogP contribution in [0.2, 0.25) is 0 Å². The van der Waals surface area contributed by atoms with Crippen molar-refractivity contribution in [1.82, 2.24) is 19.1 Å². The highest BCUT2D eigenvalue weighted by atomic mass is 16.3. The molecule has 0 saturated carbocycles. The molecule has 0 aliphatic carbocycles. The monoisotopic (exact) mass is 1140 g/mol. The molecule has 0 radical (unpaired) electrons. The minimum atomic E-state index is 0.00446. The minimum Gasteiger partial charge on any atom is -0.456 e. The van der Waals surface area contributed by atoms with Crippen molar-refractivity contribution in [3.05, 3.63) is 278 Å². The lowest BCUT2D eigenvalue weighted by molar-refractivity contribution is 0.590. The second kappa shape index (κ2) is 20.4. The predicted octanol–water partition coefficient (Wildman–Crippen LogP) is 22.2. The van der Waals surface area contributed by atoms with E-state index >= 15 is 0 Å². The summed E-state index contributed by atoms with van der Waals surface area (Å²) in [5, 5.41) is 6.47. The standard InChI is InChI=1S/C80H62N6O2/c1-79(2,3)53-29-37-59(38-30-53)83(57-33-25-51(26-34-57)77-81-67-21-13-15-23-69(67)85(77)55-17-9-7-10-18-55)61-41-43-65-73(49-61)87-71-47-45-64-63(75(65)71)46-48-72-76(64)66-44-42-62(50-74(66)88-72)84(60-39-31-54(32-40-60)80(4,5)6)58-35-27-52(28-36-58)78-82-68-22-14-16-24-70(68)86(78)56-19-11-8-12-20-56/h7-50H,1-6H3. The van der Waals surface area contributed by atoms with Crippen LogP contribution < -0.4 is 9.80 Å². The highest BCUT2D eigenvalue weighted by Crippen LogP contribution is 2.46. The molecule has 0 N–H and O–H groups in total. The summed E-state index contributed by atoms with van der Waals surface area (Å²) >= 11 is 0. The molecule has 16 rings (SSSR count). The van der Waals surface area contributed by atoms with Crippen LogP contribution in [0.5, 0.6) is 0 Å². The number of benzene rings is 12. The fourth-order valence-electron chi connectivity index (χ4n) is 13.0. The summed E-state index contributed by atoms with van der Waals surface area (Å²) in [6.07, 6.45) is 0. The number of aromatic nitrogens is 4. The van der Waals surface area contributed by atoms with Gasteiger partial charge in [-0.25, -0.2) is 9.97 Å². The lowest BCUT2D eigenvalue weighted by Crippen LogP contribution is -2.13. The highest BCUT2D eigenvalue weighted by Gasteiger charge is 2.24. The molecule has 0 aliphatic heterocycles. The SMILES string of the molecule is CC(C)(C)c1ccc(N(c2ccc(-c3nc4ccccc4n3-c3ccccc3)cc2)c2ccc3c(c2)oc2ccc4c(ccc5oc6cc(N(c7ccc(-c8nc9ccccc9n8-c8ccccc8)cc7)c7ccc(C(C)(C)C)cc7)ccc6c54)c23)cc1. The Kier molecular flexibility index (Phi) is 12.2. The van der Waals surface area contributed by atoms with Crippen LogP contribution in [0.25, 0.3) is 111 Å². The third kappa shape index (κ3) is 8.90. The van der Waals surface area contributed by atoms with Crippen molar-refractivity contribution in [2.45, 2.75) is 52.4 Å². The number of nitrogens with zero attached hydrogens (tertiary/aromatic N) is 6. The van der Waals surface area contributed by atoms with E-state index in [4.69, 9.17) is 18.8 Å². The maximum Gasteiger partial charge on any atom is 0.145 e. The van der Waals surface area contributed by atoms with Gasteiger partial charge in [0.15, 0.2) is 0 Å². The van der Waals surface area contributed by atoms with Gasteiger partial charge in [0.1, 0.15) is 34.0 Å². The number of hydrogen-bond acceptors (Lipinski definition) is 6. The van der Waals surface area contributed by atoms with E-state index in [9.17, 15) is 0 Å². The molecule has 8 nitrogen and oxygen atoms in total. The van der Waals surface area contributed by atoms with E-state index in [-0.39, 0.29) is 10.8 Å². The van der Waals surface area contributed by atoms with Crippen LogP contribution in [-0.2, 0) is 10.8 Å². The zero-order chi connectivity index (χ0) is 59.4. The largest absolute Gasteiger partial charge is 0.456 e. The molecular formula is C80H62N6O2. The smallest absolute Gasteiger partial charge is 0.145 e. The first-order valence-electron chi connectivity index (χ1n) is 30.2. The van der Waals surface area contributed by atoms with Gasteiger partial charge in [-0.2, -0.15) is 0 Å². The summed E-state index contributed by atoms with van der Waals surface area (Å²) in [7, 11) is 0. The molecular weight excluding hydrogens is 1080 g/mol. The predicted molar refractivity (Wildman–Crippen MR) is 365 cm³/mol. The summed E-state index contributed by atoms with van der Waals surface area (Å²) in [6.45, 7) is 13.5. The van der Waals surface area contributed by atoms with E-state index in [2.05, 4.69) is 303 Å². The summed E-state index contributed by atoms with van der Waals surface area (Å²) in [5.41, 5.74) is 20.2. The van der Waals surface area contributed by atoms with Crippen molar-refractivity contribution in [2.75, 3.05) is 9.80 Å². The molecule has 0 atom stereocenters. The van der Waals surface area contributed by atoms with E-state index in [1.807, 2.05) is 24.3 Å². The third-order valence-corrected chi connectivity index (χ3v) is 17.5. The van der Waals surface area contributed by atoms with Gasteiger partial charge in [-0.05, 0) is 203 Å². The first-order valence-corrected chi connectivity index (χ1v) is 30.2. The quantitative estimate of drug-likeness (QED) is 0.136. The van der Waals surface area contributed by atoms with Gasteiger partial charge >= 0.3 is 0 Å². The van der Waals surface area contributed by atoms with Gasteiger partial charge in [0.05, 0.1) is 22.1 Å². The summed E-state index contributed by atoms with van der Waals surface area (Å²) in [4.78, 5) is 15.0. The molecule has 12 aromatic carbocycles. The number of imidazole rings is 2. The van der Waals surface area contributed by atoms with Crippen molar-refractivity contribution in [3.8, 4) is 34.2 Å². The lowest BCUT2D eigenvalue weighted by Gasteiger charge is -2.27. The highest BCUT2D eigenvalue weighted by molar-refractivity contribution is 6.27. The second-order valence-corrected chi connectivity index (χ2v) is 25.1. The van der Waals surface area contributed by atoms with Crippen LogP contribution in [0.1, 0.15) is 52.7 Å². The van der Waals surface area contributed by atoms with Crippen LogP contribution in [0.4, 0.5) is 34.1 Å². The Morgan fingerprint density at radius 1 is 0.307 bits per heavy atom. The maximum absolute atomic E-state index is 6.88. The van der Waals surface area contributed by atoms with Crippen LogP contribution in [0.3, 0.4) is 0 Å². The molecule has 0 saturated heterocycles. The number of fused-ring (bicyclic) bond motifs is 11.